The van der Waals surface area contributed by atoms with E-state index < -0.39 is 11.9 Å². The summed E-state index contributed by atoms with van der Waals surface area (Å²) in [5.74, 6) is -1.74. The average Bonchev–Trinajstić information content (AvgIpc) is 2.70. The zero-order valence-corrected chi connectivity index (χ0v) is 16.7. The van der Waals surface area contributed by atoms with Crippen molar-refractivity contribution in [2.75, 3.05) is 24.5 Å². The zero-order valence-electron chi connectivity index (χ0n) is 16.0. The van der Waals surface area contributed by atoms with E-state index in [9.17, 15) is 14.7 Å². The van der Waals surface area contributed by atoms with Crippen molar-refractivity contribution in [3.63, 3.8) is 0 Å². The minimum absolute atomic E-state index is 0.142. The van der Waals surface area contributed by atoms with Crippen molar-refractivity contribution in [1.29, 1.82) is 0 Å². The number of likely N-dealkylation sites (N-methyl/N-ethyl adjacent to an activating group) is 1. The van der Waals surface area contributed by atoms with Crippen LogP contribution in [0.5, 0.6) is 0 Å². The number of amides is 1. The molecule has 1 fully saturated rings. The molecule has 2 aromatic carbocycles. The van der Waals surface area contributed by atoms with E-state index in [-0.39, 0.29) is 11.5 Å². The molecule has 0 bridgehead atoms. The maximum Gasteiger partial charge on any atom is 0.335 e. The van der Waals surface area contributed by atoms with Gasteiger partial charge in [-0.1, -0.05) is 29.8 Å². The SMILES string of the molecule is CCNC(=O)C(c1ccc(C(=O)O)cc1)c1c(Cl)cccc1N1CCCCC1. The Hall–Kier alpha value is -2.53. The molecule has 5 nitrogen and oxygen atoms in total. The van der Waals surface area contributed by atoms with Crippen LogP contribution in [0, 0.1) is 0 Å². The molecule has 1 saturated heterocycles. The third-order valence-electron chi connectivity index (χ3n) is 5.12. The highest BCUT2D eigenvalue weighted by atomic mass is 35.5. The Morgan fingerprint density at radius 1 is 1.11 bits per heavy atom. The fourth-order valence-corrected chi connectivity index (χ4v) is 4.04. The minimum atomic E-state index is -0.993. The van der Waals surface area contributed by atoms with E-state index in [4.69, 9.17) is 11.6 Å². The van der Waals surface area contributed by atoms with Gasteiger partial charge >= 0.3 is 5.97 Å². The lowest BCUT2D eigenvalue weighted by molar-refractivity contribution is -0.121. The van der Waals surface area contributed by atoms with Crippen molar-refractivity contribution in [1.82, 2.24) is 5.32 Å². The van der Waals surface area contributed by atoms with Gasteiger partial charge in [0, 0.05) is 35.9 Å². The van der Waals surface area contributed by atoms with Crippen LogP contribution in [-0.2, 0) is 4.79 Å². The van der Waals surface area contributed by atoms with Crippen LogP contribution in [0.15, 0.2) is 42.5 Å². The normalized spacial score (nSPS) is 15.1. The first-order valence-corrected chi connectivity index (χ1v) is 10.0. The van der Waals surface area contributed by atoms with E-state index in [1.807, 2.05) is 25.1 Å². The fraction of sp³-hybridized carbons (Fsp3) is 0.364. The number of nitrogens with zero attached hydrogens (tertiary/aromatic N) is 1. The molecule has 2 N–H and O–H groups in total. The van der Waals surface area contributed by atoms with Gasteiger partial charge in [-0.2, -0.15) is 0 Å². The van der Waals surface area contributed by atoms with Crippen LogP contribution in [0.4, 0.5) is 5.69 Å². The molecule has 6 heteroatoms. The molecular weight excluding hydrogens is 376 g/mol. The topological polar surface area (TPSA) is 69.6 Å². The largest absolute Gasteiger partial charge is 0.478 e. The van der Waals surface area contributed by atoms with Gasteiger partial charge in [0.15, 0.2) is 0 Å². The van der Waals surface area contributed by atoms with Crippen molar-refractivity contribution >= 4 is 29.2 Å². The average molecular weight is 401 g/mol. The van der Waals surface area contributed by atoms with Crippen molar-refractivity contribution in [3.8, 4) is 0 Å². The van der Waals surface area contributed by atoms with Gasteiger partial charge in [0.05, 0.1) is 11.5 Å². The summed E-state index contributed by atoms with van der Waals surface area (Å²) < 4.78 is 0. The van der Waals surface area contributed by atoms with Crippen molar-refractivity contribution in [3.05, 3.63) is 64.2 Å². The summed E-state index contributed by atoms with van der Waals surface area (Å²) >= 11 is 6.62. The third-order valence-corrected chi connectivity index (χ3v) is 5.45. The van der Waals surface area contributed by atoms with Crippen LogP contribution in [0.3, 0.4) is 0 Å². The molecule has 1 aliphatic heterocycles. The molecule has 1 heterocycles. The van der Waals surface area contributed by atoms with Gasteiger partial charge in [-0.3, -0.25) is 4.79 Å². The smallest absolute Gasteiger partial charge is 0.335 e. The Morgan fingerprint density at radius 2 is 1.79 bits per heavy atom. The van der Waals surface area contributed by atoms with Crippen LogP contribution in [0.2, 0.25) is 5.02 Å². The van der Waals surface area contributed by atoms with Crippen LogP contribution in [0.25, 0.3) is 0 Å². The first kappa shape index (κ1) is 20.2. The molecule has 1 unspecified atom stereocenters. The quantitative estimate of drug-likeness (QED) is 0.758. The van der Waals surface area contributed by atoms with Gasteiger partial charge in [0.25, 0.3) is 0 Å². The summed E-state index contributed by atoms with van der Waals surface area (Å²) in [6.45, 7) is 4.26. The van der Waals surface area contributed by atoms with Gasteiger partial charge in [-0.25, -0.2) is 4.79 Å². The monoisotopic (exact) mass is 400 g/mol. The highest BCUT2D eigenvalue weighted by Gasteiger charge is 2.29. The lowest BCUT2D eigenvalue weighted by atomic mass is 9.88. The second-order valence-electron chi connectivity index (χ2n) is 6.98. The van der Waals surface area contributed by atoms with E-state index >= 15 is 0 Å². The molecule has 1 aliphatic rings. The maximum absolute atomic E-state index is 13.0. The second kappa shape index (κ2) is 9.11. The van der Waals surface area contributed by atoms with Gasteiger partial charge in [-0.15, -0.1) is 0 Å². The van der Waals surface area contributed by atoms with Crippen molar-refractivity contribution < 1.29 is 14.7 Å². The predicted octanol–water partition coefficient (Wildman–Crippen LogP) is 4.30. The Labute approximate surface area is 170 Å². The Bertz CT molecular complexity index is 845. The number of halogens is 1. The van der Waals surface area contributed by atoms with Crippen molar-refractivity contribution in [2.24, 2.45) is 0 Å². The zero-order chi connectivity index (χ0) is 20.1. The number of benzene rings is 2. The summed E-state index contributed by atoms with van der Waals surface area (Å²) in [6.07, 6.45) is 3.44. The second-order valence-corrected chi connectivity index (χ2v) is 7.38. The Morgan fingerprint density at radius 3 is 2.39 bits per heavy atom. The lowest BCUT2D eigenvalue weighted by Gasteiger charge is -2.33. The number of carbonyl (C=O) groups is 2. The number of anilines is 1. The third kappa shape index (κ3) is 4.30. The number of rotatable bonds is 6. The predicted molar refractivity (Wildman–Crippen MR) is 111 cm³/mol. The van der Waals surface area contributed by atoms with E-state index in [1.54, 1.807) is 12.1 Å². The molecule has 0 saturated carbocycles. The number of carbonyl (C=O) groups excluding carboxylic acids is 1. The molecule has 0 radical (unpaired) electrons. The van der Waals surface area contributed by atoms with Gasteiger partial charge in [0.2, 0.25) is 5.91 Å². The van der Waals surface area contributed by atoms with Crippen molar-refractivity contribution in [2.45, 2.75) is 32.1 Å². The number of aromatic carboxylic acids is 1. The van der Waals surface area contributed by atoms with E-state index in [0.717, 1.165) is 42.7 Å². The lowest BCUT2D eigenvalue weighted by Crippen LogP contribution is -2.34. The number of hydrogen-bond acceptors (Lipinski definition) is 3. The maximum atomic E-state index is 13.0. The first-order valence-electron chi connectivity index (χ1n) is 9.67. The molecule has 0 aliphatic carbocycles. The number of piperidine rings is 1. The molecule has 2 aromatic rings. The first-order chi connectivity index (χ1) is 13.5. The highest BCUT2D eigenvalue weighted by molar-refractivity contribution is 6.32. The van der Waals surface area contributed by atoms with Crippen LogP contribution < -0.4 is 10.2 Å². The molecule has 0 aromatic heterocycles. The van der Waals surface area contributed by atoms with E-state index in [2.05, 4.69) is 10.2 Å². The highest BCUT2D eigenvalue weighted by Crippen LogP contribution is 2.39. The molecule has 3 rings (SSSR count). The Balaban J connectivity index is 2.10. The molecule has 1 amide bonds. The van der Waals surface area contributed by atoms with Gasteiger partial charge in [-0.05, 0) is 56.0 Å². The summed E-state index contributed by atoms with van der Waals surface area (Å²) in [7, 11) is 0. The summed E-state index contributed by atoms with van der Waals surface area (Å²) in [5.41, 5.74) is 2.67. The van der Waals surface area contributed by atoms with Gasteiger partial charge < -0.3 is 15.3 Å². The summed E-state index contributed by atoms with van der Waals surface area (Å²) in [5, 5.41) is 12.6. The summed E-state index contributed by atoms with van der Waals surface area (Å²) in [4.78, 5) is 26.5. The van der Waals surface area contributed by atoms with E-state index in [0.29, 0.717) is 11.6 Å². The standard InChI is InChI=1S/C22H25ClN2O3/c1-2-24-21(26)19(15-9-11-16(12-10-15)22(27)28)20-17(23)7-6-8-18(20)25-13-4-3-5-14-25/h6-12,19H,2-5,13-14H2,1H3,(H,24,26)(H,27,28). The van der Waals surface area contributed by atoms with Crippen LogP contribution >= 0.6 is 11.6 Å². The molecular formula is C22H25ClN2O3. The number of nitrogens with one attached hydrogen (secondary N) is 1. The number of carboxylic acid groups (broad SMARTS) is 1. The molecule has 1 atom stereocenters. The Kier molecular flexibility index (Phi) is 6.57. The minimum Gasteiger partial charge on any atom is -0.478 e. The van der Waals surface area contributed by atoms with E-state index in [1.165, 1.54) is 18.6 Å². The number of carboxylic acids is 1. The van der Waals surface area contributed by atoms with Gasteiger partial charge in [0.1, 0.15) is 0 Å². The fourth-order valence-electron chi connectivity index (χ4n) is 3.77. The van der Waals surface area contributed by atoms with Crippen LogP contribution in [0.1, 0.15) is 53.6 Å². The summed E-state index contributed by atoms with van der Waals surface area (Å²) in [6, 6.07) is 12.2. The molecule has 148 valence electrons. The van der Waals surface area contributed by atoms with Crippen LogP contribution in [-0.4, -0.2) is 36.6 Å². The molecule has 0 spiro atoms. The number of hydrogen-bond donors (Lipinski definition) is 2. The molecule has 28 heavy (non-hydrogen) atoms.